The number of rotatable bonds is 4. The molecule has 1 heterocycles. The maximum Gasteiger partial charge on any atom is 0.232 e. The largest absolute Gasteiger partial charge is 0.494 e. The first-order chi connectivity index (χ1) is 14.3. The van der Waals surface area contributed by atoms with Crippen LogP contribution in [0.25, 0.3) is 0 Å². The van der Waals surface area contributed by atoms with E-state index in [1.807, 2.05) is 55.5 Å². The molecule has 4 nitrogen and oxygen atoms in total. The Balaban J connectivity index is 1.82. The number of Topliss-reactive ketones (excluding diaryl/α,β-unsaturated/α-hetero) is 1. The molecule has 0 spiro atoms. The number of hydrogen-bond acceptors (Lipinski definition) is 3. The summed E-state index contributed by atoms with van der Waals surface area (Å²) in [7, 11) is 0. The van der Waals surface area contributed by atoms with Crippen molar-refractivity contribution < 1.29 is 14.3 Å². The Kier molecular flexibility index (Phi) is 5.58. The quantitative estimate of drug-likeness (QED) is 0.552. The second-order valence-corrected chi connectivity index (χ2v) is 9.68. The standard InChI is InChI=1S/C25H26BrNO3/c1-4-30-19-11-5-16(6-12-19)20-13-23(29)27(18-9-7-17(26)8-10-18)21-14-25(2,3)15-22(28)24(20)21/h5-12,20H,4,13-15H2,1-3H3. The van der Waals surface area contributed by atoms with Crippen molar-refractivity contribution in [2.24, 2.45) is 5.41 Å². The van der Waals surface area contributed by atoms with E-state index in [2.05, 4.69) is 29.8 Å². The highest BCUT2D eigenvalue weighted by molar-refractivity contribution is 9.10. The summed E-state index contributed by atoms with van der Waals surface area (Å²) in [5, 5.41) is 0. The number of benzene rings is 2. The van der Waals surface area contributed by atoms with Gasteiger partial charge in [-0.2, -0.15) is 0 Å². The highest BCUT2D eigenvalue weighted by atomic mass is 79.9. The summed E-state index contributed by atoms with van der Waals surface area (Å²) >= 11 is 3.46. The first-order valence-electron chi connectivity index (χ1n) is 10.4. The topological polar surface area (TPSA) is 46.6 Å². The summed E-state index contributed by atoms with van der Waals surface area (Å²) in [6.45, 7) is 6.75. The molecule has 0 fully saturated rings. The predicted octanol–water partition coefficient (Wildman–Crippen LogP) is 6.01. The van der Waals surface area contributed by atoms with E-state index >= 15 is 0 Å². The van der Waals surface area contributed by atoms with Gasteiger partial charge in [0.2, 0.25) is 5.91 Å². The van der Waals surface area contributed by atoms with E-state index in [-0.39, 0.29) is 29.4 Å². The number of carbonyl (C=O) groups is 2. The van der Waals surface area contributed by atoms with Gasteiger partial charge in [0, 0.05) is 40.2 Å². The lowest BCUT2D eigenvalue weighted by Gasteiger charge is -2.43. The lowest BCUT2D eigenvalue weighted by Crippen LogP contribution is -2.43. The molecule has 156 valence electrons. The minimum atomic E-state index is -0.210. The van der Waals surface area contributed by atoms with E-state index in [0.717, 1.165) is 32.7 Å². The minimum absolute atomic E-state index is 0.0282. The Bertz CT molecular complexity index is 1010. The van der Waals surface area contributed by atoms with Crippen molar-refractivity contribution in [2.45, 2.75) is 46.0 Å². The summed E-state index contributed by atoms with van der Waals surface area (Å²) < 4.78 is 6.51. The van der Waals surface area contributed by atoms with Gasteiger partial charge in [0.15, 0.2) is 5.78 Å². The molecule has 2 aromatic rings. The van der Waals surface area contributed by atoms with Gasteiger partial charge in [-0.25, -0.2) is 0 Å². The lowest BCUT2D eigenvalue weighted by atomic mass is 9.69. The Morgan fingerprint density at radius 1 is 1.03 bits per heavy atom. The molecule has 0 bridgehead atoms. The molecular formula is C25H26BrNO3. The van der Waals surface area contributed by atoms with Crippen LogP contribution in [-0.4, -0.2) is 18.3 Å². The van der Waals surface area contributed by atoms with Crippen molar-refractivity contribution in [3.8, 4) is 5.75 Å². The maximum absolute atomic E-state index is 13.3. The molecule has 1 aliphatic heterocycles. The molecule has 2 aromatic carbocycles. The van der Waals surface area contributed by atoms with Crippen LogP contribution < -0.4 is 9.64 Å². The summed E-state index contributed by atoms with van der Waals surface area (Å²) in [4.78, 5) is 28.4. The highest BCUT2D eigenvalue weighted by Gasteiger charge is 2.44. The van der Waals surface area contributed by atoms with Gasteiger partial charge in [0.05, 0.1) is 6.61 Å². The average Bonchev–Trinajstić information content (AvgIpc) is 2.68. The Morgan fingerprint density at radius 2 is 1.70 bits per heavy atom. The average molecular weight is 468 g/mol. The predicted molar refractivity (Wildman–Crippen MR) is 122 cm³/mol. The minimum Gasteiger partial charge on any atom is -0.494 e. The molecule has 1 unspecified atom stereocenters. The van der Waals surface area contributed by atoms with E-state index in [9.17, 15) is 9.59 Å². The SMILES string of the molecule is CCOc1ccc(C2CC(=O)N(c3ccc(Br)cc3)C3=C2C(=O)CC(C)(C)C3)cc1. The third kappa shape index (κ3) is 3.95. The molecule has 30 heavy (non-hydrogen) atoms. The molecule has 0 aromatic heterocycles. The zero-order chi connectivity index (χ0) is 21.5. The van der Waals surface area contributed by atoms with Crippen molar-refractivity contribution >= 4 is 33.3 Å². The van der Waals surface area contributed by atoms with Gasteiger partial charge < -0.3 is 4.74 Å². The molecule has 1 aliphatic carbocycles. The van der Waals surface area contributed by atoms with E-state index in [0.29, 0.717) is 19.4 Å². The Hall–Kier alpha value is -2.40. The van der Waals surface area contributed by atoms with Crippen LogP contribution in [0.15, 0.2) is 64.3 Å². The molecule has 4 rings (SSSR count). The van der Waals surface area contributed by atoms with Crippen LogP contribution in [0.1, 0.15) is 51.5 Å². The number of ketones is 1. The fraction of sp³-hybridized carbons (Fsp3) is 0.360. The molecule has 0 saturated heterocycles. The monoisotopic (exact) mass is 467 g/mol. The fourth-order valence-corrected chi connectivity index (χ4v) is 4.82. The molecule has 0 saturated carbocycles. The molecule has 0 N–H and O–H groups in total. The maximum atomic E-state index is 13.3. The van der Waals surface area contributed by atoms with Crippen LogP contribution in [0, 0.1) is 5.41 Å². The molecule has 1 atom stereocenters. The fourth-order valence-electron chi connectivity index (χ4n) is 4.55. The van der Waals surface area contributed by atoms with E-state index in [4.69, 9.17) is 4.74 Å². The van der Waals surface area contributed by atoms with Gasteiger partial charge in [0.25, 0.3) is 0 Å². The third-order valence-electron chi connectivity index (χ3n) is 5.82. The van der Waals surface area contributed by atoms with Crippen LogP contribution in [0.2, 0.25) is 0 Å². The highest BCUT2D eigenvalue weighted by Crippen LogP contribution is 2.48. The summed E-state index contributed by atoms with van der Waals surface area (Å²) in [5.74, 6) is 0.763. The Labute approximate surface area is 186 Å². The van der Waals surface area contributed by atoms with Gasteiger partial charge in [-0.15, -0.1) is 0 Å². The van der Waals surface area contributed by atoms with Crippen LogP contribution in [0.3, 0.4) is 0 Å². The van der Waals surface area contributed by atoms with Gasteiger partial charge in [-0.3, -0.25) is 14.5 Å². The number of nitrogens with zero attached hydrogens (tertiary/aromatic N) is 1. The number of hydrogen-bond donors (Lipinski definition) is 0. The number of carbonyl (C=O) groups excluding carboxylic acids is 2. The van der Waals surface area contributed by atoms with Gasteiger partial charge >= 0.3 is 0 Å². The number of ether oxygens (including phenoxy) is 1. The van der Waals surface area contributed by atoms with Gasteiger partial charge in [-0.05, 0) is 60.7 Å². The zero-order valence-electron chi connectivity index (χ0n) is 17.6. The van der Waals surface area contributed by atoms with Gasteiger partial charge in [0.1, 0.15) is 5.75 Å². The van der Waals surface area contributed by atoms with Crippen molar-refractivity contribution in [1.82, 2.24) is 0 Å². The number of amides is 1. The summed E-state index contributed by atoms with van der Waals surface area (Å²) in [6.07, 6.45) is 1.49. The van der Waals surface area contributed by atoms with E-state index < -0.39 is 0 Å². The van der Waals surface area contributed by atoms with Crippen molar-refractivity contribution in [3.05, 3.63) is 69.8 Å². The van der Waals surface area contributed by atoms with E-state index in [1.165, 1.54) is 0 Å². The first kappa shape index (κ1) is 20.9. The van der Waals surface area contributed by atoms with Crippen LogP contribution in [0.5, 0.6) is 5.75 Å². The van der Waals surface area contributed by atoms with Crippen molar-refractivity contribution in [2.75, 3.05) is 11.5 Å². The smallest absolute Gasteiger partial charge is 0.232 e. The number of halogens is 1. The Morgan fingerprint density at radius 3 is 2.33 bits per heavy atom. The second-order valence-electron chi connectivity index (χ2n) is 8.77. The van der Waals surface area contributed by atoms with Crippen LogP contribution in [0.4, 0.5) is 5.69 Å². The molecule has 1 amide bonds. The molecular weight excluding hydrogens is 442 g/mol. The summed E-state index contributed by atoms with van der Waals surface area (Å²) in [5.41, 5.74) is 3.27. The number of anilines is 1. The van der Waals surface area contributed by atoms with E-state index in [1.54, 1.807) is 4.90 Å². The number of allylic oxidation sites excluding steroid dienone is 2. The van der Waals surface area contributed by atoms with Crippen molar-refractivity contribution in [3.63, 3.8) is 0 Å². The second kappa shape index (κ2) is 8.03. The third-order valence-corrected chi connectivity index (χ3v) is 6.35. The molecule has 5 heteroatoms. The van der Waals surface area contributed by atoms with Crippen LogP contribution in [-0.2, 0) is 9.59 Å². The zero-order valence-corrected chi connectivity index (χ0v) is 19.2. The molecule has 0 radical (unpaired) electrons. The normalized spacial score (nSPS) is 20.9. The first-order valence-corrected chi connectivity index (χ1v) is 11.2. The van der Waals surface area contributed by atoms with Gasteiger partial charge in [-0.1, -0.05) is 41.9 Å². The van der Waals surface area contributed by atoms with Crippen molar-refractivity contribution in [1.29, 1.82) is 0 Å². The molecule has 2 aliphatic rings. The van der Waals surface area contributed by atoms with Crippen LogP contribution >= 0.6 is 15.9 Å². The lowest BCUT2D eigenvalue weighted by molar-refractivity contribution is -0.121. The summed E-state index contributed by atoms with van der Waals surface area (Å²) in [6, 6.07) is 15.5.